The maximum Gasteiger partial charge on any atom is 0.420 e. The van der Waals surface area contributed by atoms with Gasteiger partial charge in [-0.25, -0.2) is 14.8 Å². The monoisotopic (exact) mass is 553 g/mol. The number of benzene rings is 2. The third-order valence-corrected chi connectivity index (χ3v) is 6.19. The van der Waals surface area contributed by atoms with E-state index in [4.69, 9.17) is 14.7 Å². The molecule has 2 heterocycles. The molecule has 4 aromatic rings. The number of carbonyl (C=O) groups excluding carboxylic acids is 3. The van der Waals surface area contributed by atoms with Crippen LogP contribution in [0.3, 0.4) is 0 Å². The van der Waals surface area contributed by atoms with Crippen molar-refractivity contribution in [3.8, 4) is 11.8 Å². The smallest absolute Gasteiger partial charge is 0.420 e. The van der Waals surface area contributed by atoms with Gasteiger partial charge in [0.2, 0.25) is 0 Å². The summed E-state index contributed by atoms with van der Waals surface area (Å²) >= 11 is 0. The molecule has 1 N–H and O–H groups in total. The summed E-state index contributed by atoms with van der Waals surface area (Å²) in [7, 11) is 0. The van der Waals surface area contributed by atoms with Crippen LogP contribution < -0.4 is 9.64 Å². The summed E-state index contributed by atoms with van der Waals surface area (Å²) in [5, 5.41) is 9.63. The third kappa shape index (κ3) is 7.54. The van der Waals surface area contributed by atoms with Crippen LogP contribution in [0.25, 0.3) is 10.9 Å². The Morgan fingerprint density at radius 2 is 1.80 bits per heavy atom. The normalized spacial score (nSPS) is 11.1. The van der Waals surface area contributed by atoms with Gasteiger partial charge in [0.15, 0.2) is 5.78 Å². The molecule has 0 aliphatic carbocycles. The van der Waals surface area contributed by atoms with Crippen molar-refractivity contribution in [3.63, 3.8) is 0 Å². The van der Waals surface area contributed by atoms with Crippen molar-refractivity contribution in [2.75, 3.05) is 11.4 Å². The molecule has 0 radical (unpaired) electrons. The second kappa shape index (κ2) is 12.4. The van der Waals surface area contributed by atoms with E-state index >= 15 is 0 Å². The molecule has 210 valence electrons. The summed E-state index contributed by atoms with van der Waals surface area (Å²) in [6, 6.07) is 15.8. The summed E-state index contributed by atoms with van der Waals surface area (Å²) in [5.74, 6) is -0.0101. The van der Waals surface area contributed by atoms with Crippen LogP contribution in [-0.2, 0) is 16.0 Å². The van der Waals surface area contributed by atoms with E-state index in [1.54, 1.807) is 57.2 Å². The van der Waals surface area contributed by atoms with E-state index in [-0.39, 0.29) is 36.7 Å². The van der Waals surface area contributed by atoms with Gasteiger partial charge in [0.05, 0.1) is 18.1 Å². The number of ether oxygens (including phenoxy) is 2. The standard InChI is InChI=1S/C31H31N5O5/c1-20-29(26(37)12-9-21-5-7-22(18-32)8-6-21)24-17-23(10-11-25(24)35-20)40-30(39)36(27-13-15-33-19-34-27)16-14-28(38)41-31(2,3)4/h5-8,10-11,13,15,17,19,35H,9,12,14,16H2,1-4H3. The lowest BCUT2D eigenvalue weighted by Gasteiger charge is -2.23. The Morgan fingerprint density at radius 3 is 2.46 bits per heavy atom. The first kappa shape index (κ1) is 29.0. The predicted octanol–water partition coefficient (Wildman–Crippen LogP) is 5.69. The van der Waals surface area contributed by atoms with Crippen molar-refractivity contribution in [1.29, 1.82) is 5.26 Å². The number of aromatic nitrogens is 3. The van der Waals surface area contributed by atoms with Gasteiger partial charge >= 0.3 is 12.1 Å². The van der Waals surface area contributed by atoms with Gasteiger partial charge < -0.3 is 14.5 Å². The van der Waals surface area contributed by atoms with Crippen molar-refractivity contribution in [2.24, 2.45) is 0 Å². The highest BCUT2D eigenvalue weighted by Crippen LogP contribution is 2.28. The van der Waals surface area contributed by atoms with Gasteiger partial charge in [-0.3, -0.25) is 14.5 Å². The molecule has 2 aromatic carbocycles. The number of hydrogen-bond donors (Lipinski definition) is 1. The van der Waals surface area contributed by atoms with Crippen LogP contribution in [0.15, 0.2) is 61.1 Å². The van der Waals surface area contributed by atoms with Gasteiger partial charge in [0, 0.05) is 41.3 Å². The molecule has 0 aliphatic heterocycles. The third-order valence-electron chi connectivity index (χ3n) is 6.19. The highest BCUT2D eigenvalue weighted by Gasteiger charge is 2.24. The van der Waals surface area contributed by atoms with Gasteiger partial charge in [-0.1, -0.05) is 12.1 Å². The Bertz CT molecular complexity index is 1600. The molecular formula is C31H31N5O5. The maximum atomic E-state index is 13.3. The maximum absolute atomic E-state index is 13.3. The lowest BCUT2D eigenvalue weighted by Crippen LogP contribution is -2.37. The van der Waals surface area contributed by atoms with Gasteiger partial charge in [-0.2, -0.15) is 5.26 Å². The lowest BCUT2D eigenvalue weighted by atomic mass is 10.00. The molecule has 2 aromatic heterocycles. The quantitative estimate of drug-likeness (QED) is 0.206. The summed E-state index contributed by atoms with van der Waals surface area (Å²) in [4.78, 5) is 51.3. The van der Waals surface area contributed by atoms with Crippen LogP contribution in [0.4, 0.5) is 10.6 Å². The van der Waals surface area contributed by atoms with Crippen LogP contribution in [0.5, 0.6) is 5.75 Å². The minimum absolute atomic E-state index is 0.0185. The highest BCUT2D eigenvalue weighted by atomic mass is 16.6. The number of Topliss-reactive ketones (excluding diaryl/α,β-unsaturated/α-hetero) is 1. The molecule has 0 bridgehead atoms. The second-order valence-corrected chi connectivity index (χ2v) is 10.5. The first-order chi connectivity index (χ1) is 19.5. The number of ketones is 1. The van der Waals surface area contributed by atoms with Gasteiger partial charge in [0.25, 0.3) is 0 Å². The van der Waals surface area contributed by atoms with Crippen molar-refractivity contribution < 1.29 is 23.9 Å². The van der Waals surface area contributed by atoms with E-state index < -0.39 is 17.7 Å². The zero-order chi connectivity index (χ0) is 29.6. The Labute approximate surface area is 237 Å². The molecule has 0 aliphatic rings. The molecule has 1 amide bonds. The number of aromatic amines is 1. The predicted molar refractivity (Wildman–Crippen MR) is 153 cm³/mol. The molecule has 0 spiro atoms. The van der Waals surface area contributed by atoms with Gasteiger partial charge in [0.1, 0.15) is 23.5 Å². The molecule has 41 heavy (non-hydrogen) atoms. The molecule has 0 saturated carbocycles. The topological polar surface area (TPSA) is 138 Å². The Hall–Kier alpha value is -5.04. The number of hydrogen-bond acceptors (Lipinski definition) is 8. The fourth-order valence-corrected chi connectivity index (χ4v) is 4.35. The van der Waals surface area contributed by atoms with Crippen molar-refractivity contribution >= 4 is 34.6 Å². The first-order valence-corrected chi connectivity index (χ1v) is 13.2. The number of amides is 1. The minimum atomic E-state index is -0.743. The summed E-state index contributed by atoms with van der Waals surface area (Å²) < 4.78 is 11.1. The number of carbonyl (C=O) groups is 3. The SMILES string of the molecule is Cc1[nH]c2ccc(OC(=O)N(CCC(=O)OC(C)(C)C)c3ccncn3)cc2c1C(=O)CCc1ccc(C#N)cc1. The molecule has 0 unspecified atom stereocenters. The zero-order valence-electron chi connectivity index (χ0n) is 23.4. The van der Waals surface area contributed by atoms with Crippen LogP contribution in [0, 0.1) is 18.3 Å². The average molecular weight is 554 g/mol. The molecule has 0 atom stereocenters. The number of nitriles is 1. The van der Waals surface area contributed by atoms with Crippen LogP contribution in [-0.4, -0.2) is 44.9 Å². The first-order valence-electron chi connectivity index (χ1n) is 13.2. The average Bonchev–Trinajstić information content (AvgIpc) is 3.26. The number of anilines is 1. The van der Waals surface area contributed by atoms with E-state index in [0.717, 1.165) is 11.1 Å². The number of aryl methyl sites for hydroxylation is 2. The Balaban J connectivity index is 1.51. The fourth-order valence-electron chi connectivity index (χ4n) is 4.35. The van der Waals surface area contributed by atoms with E-state index in [1.807, 2.05) is 19.1 Å². The second-order valence-electron chi connectivity index (χ2n) is 10.5. The van der Waals surface area contributed by atoms with E-state index in [2.05, 4.69) is 21.0 Å². The van der Waals surface area contributed by atoms with Crippen molar-refractivity contribution in [2.45, 2.75) is 52.6 Å². The number of esters is 1. The van der Waals surface area contributed by atoms with Gasteiger partial charge in [-0.15, -0.1) is 0 Å². The Kier molecular flexibility index (Phi) is 8.78. The molecule has 0 fully saturated rings. The molecular weight excluding hydrogens is 522 g/mol. The molecule has 0 saturated heterocycles. The molecule has 10 nitrogen and oxygen atoms in total. The van der Waals surface area contributed by atoms with Crippen molar-refractivity contribution in [3.05, 3.63) is 83.4 Å². The molecule has 4 rings (SSSR count). The largest absolute Gasteiger partial charge is 0.460 e. The van der Waals surface area contributed by atoms with E-state index in [9.17, 15) is 14.4 Å². The van der Waals surface area contributed by atoms with Crippen LogP contribution >= 0.6 is 0 Å². The number of H-pyrrole nitrogens is 1. The van der Waals surface area contributed by atoms with Crippen LogP contribution in [0.2, 0.25) is 0 Å². The number of fused-ring (bicyclic) bond motifs is 1. The lowest BCUT2D eigenvalue weighted by molar-refractivity contribution is -0.154. The van der Waals surface area contributed by atoms with Crippen LogP contribution in [0.1, 0.15) is 60.8 Å². The number of nitrogens with zero attached hydrogens (tertiary/aromatic N) is 4. The highest BCUT2D eigenvalue weighted by molar-refractivity contribution is 6.09. The summed E-state index contributed by atoms with van der Waals surface area (Å²) in [6.45, 7) is 7.12. The van der Waals surface area contributed by atoms with Gasteiger partial charge in [-0.05, 0) is 76.1 Å². The minimum Gasteiger partial charge on any atom is -0.460 e. The van der Waals surface area contributed by atoms with E-state index in [0.29, 0.717) is 28.6 Å². The molecule has 10 heteroatoms. The summed E-state index contributed by atoms with van der Waals surface area (Å²) in [5.41, 5.74) is 2.86. The number of rotatable bonds is 9. The van der Waals surface area contributed by atoms with E-state index in [1.165, 1.54) is 17.4 Å². The Morgan fingerprint density at radius 1 is 1.05 bits per heavy atom. The summed E-state index contributed by atoms with van der Waals surface area (Å²) in [6.07, 6.45) is 2.78. The fraction of sp³-hybridized carbons (Fsp3) is 0.290. The zero-order valence-corrected chi connectivity index (χ0v) is 23.4. The van der Waals surface area contributed by atoms with Crippen molar-refractivity contribution in [1.82, 2.24) is 15.0 Å². The number of nitrogens with one attached hydrogen (secondary N) is 1.